The van der Waals surface area contributed by atoms with E-state index in [9.17, 15) is 9.59 Å². The molecule has 1 aromatic rings. The summed E-state index contributed by atoms with van der Waals surface area (Å²) in [5.74, 6) is -0.846. The minimum Gasteiger partial charge on any atom is -0.286 e. The molecule has 0 amide bonds. The molecule has 0 atom stereocenters. The van der Waals surface area contributed by atoms with Crippen molar-refractivity contribution in [1.29, 1.82) is 10.8 Å². The molecular formula is C10H6Cl2N2O4S. The van der Waals surface area contributed by atoms with E-state index in [2.05, 4.69) is 21.4 Å². The molecule has 0 aliphatic heterocycles. The highest BCUT2D eigenvalue weighted by atomic mass is 36.0. The van der Waals surface area contributed by atoms with Crippen molar-refractivity contribution in [1.82, 2.24) is 0 Å². The topological polar surface area (TPSA) is 116 Å². The summed E-state index contributed by atoms with van der Waals surface area (Å²) in [6.45, 7) is 0. The van der Waals surface area contributed by atoms with E-state index in [-0.39, 0.29) is 0 Å². The first-order valence-corrected chi connectivity index (χ1v) is 7.62. The summed E-state index contributed by atoms with van der Waals surface area (Å²) in [5, 5.41) is 12.0. The predicted molar refractivity (Wildman–Crippen MR) is 68.9 cm³/mol. The van der Waals surface area contributed by atoms with Crippen LogP contribution in [0.5, 0.6) is 0 Å². The number of halogens is 2. The molecular weight excluding hydrogens is 315 g/mol. The fraction of sp³-hybridized carbons (Fsp3) is 0. The summed E-state index contributed by atoms with van der Waals surface area (Å²) in [5.41, 5.74) is 1.33. The van der Waals surface area contributed by atoms with E-state index in [1.807, 2.05) is 12.1 Å². The van der Waals surface area contributed by atoms with Crippen LogP contribution >= 0.6 is 21.4 Å². The van der Waals surface area contributed by atoms with Gasteiger partial charge in [-0.3, -0.25) is 9.59 Å². The van der Waals surface area contributed by atoms with E-state index < -0.39 is 19.8 Å². The van der Waals surface area contributed by atoms with E-state index in [1.165, 1.54) is 6.08 Å². The van der Waals surface area contributed by atoms with Gasteiger partial charge in [-0.25, -0.2) is 0 Å². The third-order valence-electron chi connectivity index (χ3n) is 1.84. The molecule has 0 unspecified atom stereocenters. The third-order valence-corrected chi connectivity index (χ3v) is 1.84. The summed E-state index contributed by atoms with van der Waals surface area (Å²) >= 11 is 0. The number of ketones is 2. The molecule has 19 heavy (non-hydrogen) atoms. The van der Waals surface area contributed by atoms with Crippen molar-refractivity contribution in [3.05, 3.63) is 41.5 Å². The Labute approximate surface area is 118 Å². The summed E-state index contributed by atoms with van der Waals surface area (Å²) in [6.07, 6.45) is 2.98. The molecule has 0 bridgehead atoms. The van der Waals surface area contributed by atoms with Gasteiger partial charge in [0, 0.05) is 37.7 Å². The van der Waals surface area contributed by atoms with Gasteiger partial charge in [-0.15, -0.1) is 0 Å². The smallest absolute Gasteiger partial charge is 0.286 e. The normalized spacial score (nSPS) is 12.4. The van der Waals surface area contributed by atoms with Crippen LogP contribution in [0, 0.1) is 10.8 Å². The van der Waals surface area contributed by atoms with Crippen molar-refractivity contribution in [2.75, 3.05) is 0 Å². The Bertz CT molecular complexity index is 630. The van der Waals surface area contributed by atoms with Crippen LogP contribution in [-0.4, -0.2) is 20.0 Å². The number of carbonyl (C=O) groups excluding carboxylic acids is 2. The lowest BCUT2D eigenvalue weighted by atomic mass is 9.96. The fourth-order valence-electron chi connectivity index (χ4n) is 1.22. The lowest BCUT2D eigenvalue weighted by molar-refractivity contribution is -0.110. The summed E-state index contributed by atoms with van der Waals surface area (Å²) < 4.78 is 18.3. The van der Waals surface area contributed by atoms with E-state index >= 15 is 0 Å². The molecule has 0 radical (unpaired) electrons. The summed E-state index contributed by atoms with van der Waals surface area (Å²) in [7, 11) is 4.81. The van der Waals surface area contributed by atoms with Crippen LogP contribution in [0.25, 0.3) is 6.08 Å². The predicted octanol–water partition coefficient (Wildman–Crippen LogP) is 2.20. The van der Waals surface area contributed by atoms with Gasteiger partial charge in [0.15, 0.2) is 0 Å². The van der Waals surface area contributed by atoms with Gasteiger partial charge in [0.05, 0.1) is 0 Å². The van der Waals surface area contributed by atoms with Crippen LogP contribution in [0.3, 0.4) is 0 Å². The minimum atomic E-state index is -3.72. The zero-order chi connectivity index (χ0) is 15.1. The zero-order valence-corrected chi connectivity index (χ0v) is 11.5. The SMILES string of the molecule is N#N.O=C1C=Cc2ccccc2C1=O.O=S(=O)(Cl)Cl. The van der Waals surface area contributed by atoms with Crippen LogP contribution in [0.15, 0.2) is 30.3 Å². The second-order valence-electron chi connectivity index (χ2n) is 2.99. The molecule has 2 rings (SSSR count). The van der Waals surface area contributed by atoms with Gasteiger partial charge in [0.2, 0.25) is 11.6 Å². The molecule has 100 valence electrons. The number of fused-ring (bicyclic) bond motifs is 1. The highest BCUT2D eigenvalue weighted by Gasteiger charge is 2.19. The van der Waals surface area contributed by atoms with Crippen molar-refractivity contribution in [3.8, 4) is 0 Å². The first-order valence-electron chi connectivity index (χ1n) is 4.49. The molecule has 0 saturated heterocycles. The molecule has 0 heterocycles. The minimum absolute atomic E-state index is 0.409. The van der Waals surface area contributed by atoms with Crippen molar-refractivity contribution >= 4 is 47.3 Å². The summed E-state index contributed by atoms with van der Waals surface area (Å²) in [6, 6.07) is 7.07. The quantitative estimate of drug-likeness (QED) is 0.411. The second kappa shape index (κ2) is 7.63. The van der Waals surface area contributed by atoms with Crippen LogP contribution in [0.2, 0.25) is 0 Å². The molecule has 1 aromatic carbocycles. The fourth-order valence-corrected chi connectivity index (χ4v) is 1.22. The van der Waals surface area contributed by atoms with Gasteiger partial charge in [0.1, 0.15) is 0 Å². The molecule has 0 saturated carbocycles. The van der Waals surface area contributed by atoms with Gasteiger partial charge in [0.25, 0.3) is 0 Å². The van der Waals surface area contributed by atoms with Crippen LogP contribution in [0.4, 0.5) is 0 Å². The van der Waals surface area contributed by atoms with Gasteiger partial charge < -0.3 is 0 Å². The van der Waals surface area contributed by atoms with Crippen molar-refractivity contribution in [2.45, 2.75) is 0 Å². The Hall–Kier alpha value is -1.75. The van der Waals surface area contributed by atoms with E-state index in [0.29, 0.717) is 5.56 Å². The Morgan fingerprint density at radius 1 is 0.947 bits per heavy atom. The van der Waals surface area contributed by atoms with Crippen LogP contribution < -0.4 is 0 Å². The largest absolute Gasteiger partial charge is 0.317 e. The first-order chi connectivity index (χ1) is 8.79. The number of rotatable bonds is 0. The molecule has 0 fully saturated rings. The molecule has 1 aliphatic rings. The maximum absolute atomic E-state index is 11.2. The Morgan fingerprint density at radius 2 is 1.42 bits per heavy atom. The van der Waals surface area contributed by atoms with Crippen molar-refractivity contribution in [3.63, 3.8) is 0 Å². The van der Waals surface area contributed by atoms with Crippen LogP contribution in [-0.2, 0) is 13.1 Å². The average Bonchev–Trinajstić information content (AvgIpc) is 2.35. The number of allylic oxidation sites excluding steroid dienone is 1. The van der Waals surface area contributed by atoms with Gasteiger partial charge in [-0.05, 0) is 11.6 Å². The third kappa shape index (κ3) is 6.67. The molecule has 0 aromatic heterocycles. The van der Waals surface area contributed by atoms with Crippen molar-refractivity contribution in [2.24, 2.45) is 0 Å². The van der Waals surface area contributed by atoms with E-state index in [0.717, 1.165) is 5.56 Å². The highest BCUT2D eigenvalue weighted by Crippen LogP contribution is 2.16. The average molecular weight is 321 g/mol. The molecule has 0 spiro atoms. The monoisotopic (exact) mass is 320 g/mol. The Kier molecular flexibility index (Phi) is 6.93. The lowest BCUT2D eigenvalue weighted by Crippen LogP contribution is -2.15. The molecule has 1 aliphatic carbocycles. The summed E-state index contributed by atoms with van der Waals surface area (Å²) in [4.78, 5) is 22.1. The second-order valence-corrected chi connectivity index (χ2v) is 6.66. The number of hydrogen-bond donors (Lipinski definition) is 0. The van der Waals surface area contributed by atoms with Gasteiger partial charge >= 0.3 is 8.26 Å². The zero-order valence-electron chi connectivity index (χ0n) is 9.16. The van der Waals surface area contributed by atoms with Gasteiger partial charge in [-0.1, -0.05) is 30.3 Å². The molecule has 9 heteroatoms. The van der Waals surface area contributed by atoms with E-state index in [4.69, 9.17) is 19.2 Å². The number of Topliss-reactive ketones (excluding diaryl/α,β-unsaturated/α-hetero) is 1. The number of benzene rings is 1. The van der Waals surface area contributed by atoms with Gasteiger partial charge in [-0.2, -0.15) is 8.42 Å². The van der Waals surface area contributed by atoms with Crippen LogP contribution in [0.1, 0.15) is 15.9 Å². The van der Waals surface area contributed by atoms with Crippen molar-refractivity contribution < 1.29 is 18.0 Å². The Balaban J connectivity index is 0.000000396. The Morgan fingerprint density at radius 3 is 1.95 bits per heavy atom. The number of nitrogens with zero attached hydrogens (tertiary/aromatic N) is 2. The number of carbonyl (C=O) groups is 2. The maximum Gasteiger partial charge on any atom is 0.317 e. The number of hydrogen-bond acceptors (Lipinski definition) is 6. The lowest BCUT2D eigenvalue weighted by Gasteiger charge is -2.06. The molecule has 6 nitrogen and oxygen atoms in total. The van der Waals surface area contributed by atoms with E-state index in [1.54, 1.807) is 18.2 Å². The highest BCUT2D eigenvalue weighted by molar-refractivity contribution is 8.31. The first kappa shape index (κ1) is 17.2. The molecule has 0 N–H and O–H groups in total. The maximum atomic E-state index is 11.2. The standard InChI is InChI=1S/C10H6O2.Cl2O2S.N2/c11-9-6-5-7-3-1-2-4-8(7)10(9)12;1-5(2,3)4;1-2/h1-6H;;.